The highest BCUT2D eigenvalue weighted by molar-refractivity contribution is 7.98. The largest absolute Gasteiger partial charge is 0.493 e. The maximum absolute atomic E-state index is 12.2. The number of rotatable bonds is 7. The van der Waals surface area contributed by atoms with E-state index in [0.717, 1.165) is 12.0 Å². The smallest absolute Gasteiger partial charge is 0.296 e. The van der Waals surface area contributed by atoms with Crippen LogP contribution >= 0.6 is 11.8 Å². The van der Waals surface area contributed by atoms with Gasteiger partial charge in [-0.3, -0.25) is 4.79 Å². The van der Waals surface area contributed by atoms with E-state index in [9.17, 15) is 4.79 Å². The van der Waals surface area contributed by atoms with Crippen LogP contribution in [0.3, 0.4) is 0 Å². The second kappa shape index (κ2) is 8.49. The minimum Gasteiger partial charge on any atom is -0.493 e. The number of aromatic nitrogens is 3. The van der Waals surface area contributed by atoms with Crippen molar-refractivity contribution in [2.45, 2.75) is 25.4 Å². The summed E-state index contributed by atoms with van der Waals surface area (Å²) < 4.78 is 12.3. The molecule has 2 rings (SSSR count). The summed E-state index contributed by atoms with van der Waals surface area (Å²) >= 11 is 1.30. The molecule has 0 saturated heterocycles. The van der Waals surface area contributed by atoms with E-state index in [1.54, 1.807) is 20.2 Å². The Morgan fingerprint density at radius 1 is 1.38 bits per heavy atom. The predicted molar refractivity (Wildman–Crippen MR) is 94.6 cm³/mol. The highest BCUT2D eigenvalue weighted by Gasteiger charge is 2.11. The first-order chi connectivity index (χ1) is 11.6. The zero-order chi connectivity index (χ0) is 17.5. The van der Waals surface area contributed by atoms with E-state index >= 15 is 0 Å². The van der Waals surface area contributed by atoms with Crippen LogP contribution in [0, 0.1) is 6.92 Å². The van der Waals surface area contributed by atoms with E-state index in [0.29, 0.717) is 23.3 Å². The number of hydrogen-bond acceptors (Lipinski definition) is 7. The SMILES string of the molecule is CCCOc1c(/C=N\n2c(SC)nnc(C)c2=O)cccc1OC. The number of methoxy groups -OCH3 is 1. The summed E-state index contributed by atoms with van der Waals surface area (Å²) in [7, 11) is 1.58. The molecule has 7 nitrogen and oxygen atoms in total. The molecule has 2 aromatic rings. The topological polar surface area (TPSA) is 78.6 Å². The number of benzene rings is 1. The van der Waals surface area contributed by atoms with Gasteiger partial charge in [-0.1, -0.05) is 24.8 Å². The third kappa shape index (κ3) is 3.94. The first-order valence-corrected chi connectivity index (χ1v) is 8.69. The van der Waals surface area contributed by atoms with Gasteiger partial charge in [0, 0.05) is 5.56 Å². The Balaban J connectivity index is 2.46. The van der Waals surface area contributed by atoms with Crippen molar-refractivity contribution < 1.29 is 9.47 Å². The number of ether oxygens (including phenoxy) is 2. The summed E-state index contributed by atoms with van der Waals surface area (Å²) in [6.07, 6.45) is 4.25. The molecule has 0 amide bonds. The fourth-order valence-electron chi connectivity index (χ4n) is 1.95. The van der Waals surface area contributed by atoms with Crippen molar-refractivity contribution in [2.24, 2.45) is 5.10 Å². The van der Waals surface area contributed by atoms with E-state index in [4.69, 9.17) is 9.47 Å². The molecular formula is C16H20N4O3S. The van der Waals surface area contributed by atoms with Crippen LogP contribution in [0.2, 0.25) is 0 Å². The van der Waals surface area contributed by atoms with Crippen LogP contribution in [0.4, 0.5) is 0 Å². The summed E-state index contributed by atoms with van der Waals surface area (Å²) in [5.41, 5.74) is 0.707. The lowest BCUT2D eigenvalue weighted by molar-refractivity contribution is 0.294. The number of nitrogens with zero attached hydrogens (tertiary/aromatic N) is 4. The lowest BCUT2D eigenvalue weighted by Crippen LogP contribution is -2.23. The monoisotopic (exact) mass is 348 g/mol. The molecule has 1 aromatic carbocycles. The van der Waals surface area contributed by atoms with Crippen molar-refractivity contribution >= 4 is 18.0 Å². The van der Waals surface area contributed by atoms with Gasteiger partial charge in [-0.15, -0.1) is 10.2 Å². The molecule has 0 N–H and O–H groups in total. The Bertz CT molecular complexity index is 789. The standard InChI is InChI=1S/C16H20N4O3S/c1-5-9-23-14-12(7-6-8-13(14)22-3)10-17-20-15(21)11(2)18-19-16(20)24-4/h6-8,10H,5,9H2,1-4H3/b17-10-. The van der Waals surface area contributed by atoms with Crippen LogP contribution in [0.5, 0.6) is 11.5 Å². The van der Waals surface area contributed by atoms with Crippen molar-refractivity contribution in [1.29, 1.82) is 0 Å². The quantitative estimate of drug-likeness (QED) is 0.564. The van der Waals surface area contributed by atoms with Gasteiger partial charge in [0.2, 0.25) is 5.16 Å². The summed E-state index contributed by atoms with van der Waals surface area (Å²) in [5, 5.41) is 12.5. The Hall–Kier alpha value is -2.35. The predicted octanol–water partition coefficient (Wildman–Crippen LogP) is 2.35. The van der Waals surface area contributed by atoms with Crippen LogP contribution in [0.25, 0.3) is 0 Å². The van der Waals surface area contributed by atoms with Crippen LogP contribution < -0.4 is 15.0 Å². The van der Waals surface area contributed by atoms with Gasteiger partial charge >= 0.3 is 0 Å². The highest BCUT2D eigenvalue weighted by atomic mass is 32.2. The third-order valence-electron chi connectivity index (χ3n) is 3.14. The zero-order valence-corrected chi connectivity index (χ0v) is 15.0. The maximum Gasteiger partial charge on any atom is 0.296 e. The summed E-state index contributed by atoms with van der Waals surface area (Å²) in [5.74, 6) is 1.22. The van der Waals surface area contributed by atoms with Gasteiger partial charge in [0.25, 0.3) is 5.56 Å². The Morgan fingerprint density at radius 2 is 2.17 bits per heavy atom. The molecule has 0 aliphatic heterocycles. The Kier molecular flexibility index (Phi) is 6.36. The first kappa shape index (κ1) is 18.0. The average molecular weight is 348 g/mol. The van der Waals surface area contributed by atoms with Gasteiger partial charge in [0.1, 0.15) is 5.69 Å². The Morgan fingerprint density at radius 3 is 2.83 bits per heavy atom. The average Bonchev–Trinajstić information content (AvgIpc) is 2.61. The molecule has 0 saturated carbocycles. The molecule has 0 fully saturated rings. The lowest BCUT2D eigenvalue weighted by Gasteiger charge is -2.12. The molecule has 0 unspecified atom stereocenters. The number of thioether (sulfide) groups is 1. The minimum atomic E-state index is -0.301. The van der Waals surface area contributed by atoms with Crippen LogP contribution in [-0.2, 0) is 0 Å². The molecular weight excluding hydrogens is 328 g/mol. The van der Waals surface area contributed by atoms with Crippen molar-refractivity contribution in [3.05, 3.63) is 39.8 Å². The van der Waals surface area contributed by atoms with Crippen molar-refractivity contribution in [1.82, 2.24) is 14.9 Å². The number of para-hydroxylation sites is 1. The molecule has 1 aromatic heterocycles. The summed E-state index contributed by atoms with van der Waals surface area (Å²) in [4.78, 5) is 12.2. The maximum atomic E-state index is 12.2. The molecule has 0 radical (unpaired) electrons. The van der Waals surface area contributed by atoms with Crippen LogP contribution in [0.15, 0.2) is 33.3 Å². The first-order valence-electron chi connectivity index (χ1n) is 7.46. The van der Waals surface area contributed by atoms with Crippen LogP contribution in [0.1, 0.15) is 24.6 Å². The molecule has 24 heavy (non-hydrogen) atoms. The third-order valence-corrected chi connectivity index (χ3v) is 3.76. The molecule has 0 aliphatic rings. The zero-order valence-electron chi connectivity index (χ0n) is 14.1. The molecule has 0 atom stereocenters. The van der Waals surface area contributed by atoms with Gasteiger partial charge in [0.15, 0.2) is 11.5 Å². The fourth-order valence-corrected chi connectivity index (χ4v) is 2.37. The Labute approximate surface area is 144 Å². The number of hydrogen-bond donors (Lipinski definition) is 0. The van der Waals surface area contributed by atoms with E-state index < -0.39 is 0 Å². The molecule has 0 aliphatic carbocycles. The van der Waals surface area contributed by atoms with Crippen molar-refractivity contribution in [3.8, 4) is 11.5 Å². The summed E-state index contributed by atoms with van der Waals surface area (Å²) in [6.45, 7) is 4.19. The lowest BCUT2D eigenvalue weighted by atomic mass is 10.2. The van der Waals surface area contributed by atoms with Gasteiger partial charge < -0.3 is 9.47 Å². The van der Waals surface area contributed by atoms with E-state index in [1.165, 1.54) is 16.4 Å². The molecule has 0 spiro atoms. The van der Waals surface area contributed by atoms with Gasteiger partial charge in [-0.2, -0.15) is 9.78 Å². The fraction of sp³-hybridized carbons (Fsp3) is 0.375. The second-order valence-corrected chi connectivity index (χ2v) is 5.63. The molecule has 0 bridgehead atoms. The molecule has 8 heteroatoms. The van der Waals surface area contributed by atoms with E-state index in [-0.39, 0.29) is 11.3 Å². The van der Waals surface area contributed by atoms with Crippen molar-refractivity contribution in [2.75, 3.05) is 20.0 Å². The van der Waals surface area contributed by atoms with Crippen molar-refractivity contribution in [3.63, 3.8) is 0 Å². The minimum absolute atomic E-state index is 0.290. The normalized spacial score (nSPS) is 11.0. The highest BCUT2D eigenvalue weighted by Crippen LogP contribution is 2.30. The second-order valence-electron chi connectivity index (χ2n) is 4.86. The molecule has 128 valence electrons. The number of aryl methyl sites for hydroxylation is 1. The van der Waals surface area contributed by atoms with E-state index in [1.807, 2.05) is 31.4 Å². The van der Waals surface area contributed by atoms with Crippen LogP contribution in [-0.4, -0.2) is 41.1 Å². The van der Waals surface area contributed by atoms with Gasteiger partial charge in [-0.05, 0) is 31.7 Å². The summed E-state index contributed by atoms with van der Waals surface area (Å²) in [6, 6.07) is 5.51. The van der Waals surface area contributed by atoms with E-state index in [2.05, 4.69) is 15.3 Å². The molecule has 1 heterocycles. The van der Waals surface area contributed by atoms with Gasteiger partial charge in [0.05, 0.1) is 19.9 Å². The van der Waals surface area contributed by atoms with Gasteiger partial charge in [-0.25, -0.2) is 0 Å².